The second-order valence-electron chi connectivity index (χ2n) is 0.994. The molecule has 0 aliphatic carbocycles. The first-order chi connectivity index (χ1) is 6.98. The summed E-state index contributed by atoms with van der Waals surface area (Å²) in [4.78, 5) is 0. The van der Waals surface area contributed by atoms with Crippen LogP contribution in [0.5, 0.6) is 0 Å². The van der Waals surface area contributed by atoms with Crippen LogP contribution in [0.15, 0.2) is 18.6 Å². The number of nitrogens with zero attached hydrogens (tertiary/aromatic N) is 2. The van der Waals surface area contributed by atoms with Crippen LogP contribution in [0.25, 0.3) is 0 Å². The molecule has 0 saturated heterocycles. The zero-order valence-corrected chi connectivity index (χ0v) is 3.39. The molecular formula is C5H9N2+. The maximum atomic E-state index is 7.39. The van der Waals surface area contributed by atoms with Crippen molar-refractivity contribution in [3.63, 3.8) is 0 Å². The first kappa shape index (κ1) is 0.729. The van der Waals surface area contributed by atoms with Crippen LogP contribution in [0.4, 0.5) is 0 Å². The Kier molecular flexibility index (Phi) is 0.143. The molecule has 1 aromatic heterocycles. The fraction of sp³-hybridized carbons (Fsp3) is 0.400. The Morgan fingerprint density at radius 3 is 3.43 bits per heavy atom. The van der Waals surface area contributed by atoms with Gasteiger partial charge in [-0.1, -0.05) is 0 Å². The van der Waals surface area contributed by atoms with Crippen molar-refractivity contribution in [3.05, 3.63) is 18.6 Å². The molecular weight excluding hydrogens is 88.1 g/mol. The van der Waals surface area contributed by atoms with Crippen molar-refractivity contribution in [3.8, 4) is 0 Å². The van der Waals surface area contributed by atoms with Crippen LogP contribution in [0, 0.1) is 0 Å². The van der Waals surface area contributed by atoms with Gasteiger partial charge in [-0.05, 0) is 0 Å². The first-order valence-electron chi connectivity index (χ1n) is 6.09. The van der Waals surface area contributed by atoms with Gasteiger partial charge in [-0.25, -0.2) is 9.13 Å². The van der Waals surface area contributed by atoms with Crippen LogP contribution in [0.2, 0.25) is 0 Å². The molecule has 1 heterocycles. The van der Waals surface area contributed by atoms with Crippen molar-refractivity contribution in [1.29, 1.82) is 0 Å². The van der Waals surface area contributed by atoms with E-state index in [2.05, 4.69) is 0 Å². The summed E-state index contributed by atoms with van der Waals surface area (Å²) >= 11 is 0. The Morgan fingerprint density at radius 1 is 2.00 bits per heavy atom. The highest BCUT2D eigenvalue weighted by atomic mass is 15.1. The standard InChI is InChI=1S/C5H9N2/c1-6-3-4-7(2)5-6/h3-5H,1-2H3/q+1/i1D3,2D3,3D,4D,5D. The summed E-state index contributed by atoms with van der Waals surface area (Å²) in [5, 5.41) is 0. The number of aromatic nitrogens is 2. The summed E-state index contributed by atoms with van der Waals surface area (Å²) in [6.07, 6.45) is -2.54. The van der Waals surface area contributed by atoms with E-state index in [0.717, 1.165) is 0 Å². The predicted molar refractivity (Wildman–Crippen MR) is 26.6 cm³/mol. The molecule has 1 rings (SSSR count). The van der Waals surface area contributed by atoms with Gasteiger partial charge in [-0.3, -0.25) is 0 Å². The number of hydrogen-bond acceptors (Lipinski definition) is 0. The molecule has 38 valence electrons. The maximum absolute atomic E-state index is 7.39. The lowest BCUT2D eigenvalue weighted by molar-refractivity contribution is -0.670. The van der Waals surface area contributed by atoms with E-state index in [1.807, 2.05) is 0 Å². The lowest BCUT2D eigenvalue weighted by Crippen LogP contribution is -2.23. The Bertz CT molecular complexity index is 374. The molecule has 2 heteroatoms. The Hall–Kier alpha value is -0.790. The molecule has 0 amide bonds. The molecule has 2 nitrogen and oxygen atoms in total. The Morgan fingerprint density at radius 2 is 3.00 bits per heavy atom. The third kappa shape index (κ3) is 0.796. The minimum atomic E-state index is -2.85. The minimum absolute atomic E-state index is 0.224. The molecule has 0 N–H and O–H groups in total. The fourth-order valence-corrected chi connectivity index (χ4v) is 0.250. The van der Waals surface area contributed by atoms with Gasteiger partial charge in [0.15, 0.2) is 1.37 Å². The smallest absolute Gasteiger partial charge is 0.240 e. The minimum Gasteiger partial charge on any atom is -0.240 e. The van der Waals surface area contributed by atoms with Gasteiger partial charge < -0.3 is 0 Å². The highest BCUT2D eigenvalue weighted by Crippen LogP contribution is 1.70. The van der Waals surface area contributed by atoms with E-state index in [0.29, 0.717) is 0 Å². The molecule has 0 saturated carbocycles. The molecule has 0 unspecified atom stereocenters. The molecule has 0 aliphatic heterocycles. The van der Waals surface area contributed by atoms with Gasteiger partial charge >= 0.3 is 0 Å². The molecule has 0 radical (unpaired) electrons. The SMILES string of the molecule is [2H]c1c([2H])[n+](C([2H])([2H])[2H])c([2H])n1C([2H])([2H])[2H]. The quantitative estimate of drug-likeness (QED) is 0.407. The fourth-order valence-electron chi connectivity index (χ4n) is 0.250. The average molecular weight is 106 g/mol. The number of imidazole rings is 1. The third-order valence-corrected chi connectivity index (χ3v) is 0.474. The number of rotatable bonds is 0. The summed E-state index contributed by atoms with van der Waals surface area (Å²) in [5.74, 6) is 0. The van der Waals surface area contributed by atoms with Gasteiger partial charge in [0.2, 0.25) is 6.30 Å². The molecule has 0 aliphatic rings. The van der Waals surface area contributed by atoms with E-state index in [1.165, 1.54) is 0 Å². The van der Waals surface area contributed by atoms with E-state index in [-0.39, 0.29) is 9.13 Å². The molecule has 1 aromatic rings. The van der Waals surface area contributed by atoms with Gasteiger partial charge in [0.05, 0.1) is 22.2 Å². The second kappa shape index (κ2) is 1.37. The van der Waals surface area contributed by atoms with Crippen LogP contribution in [-0.4, -0.2) is 4.57 Å². The Labute approximate surface area is 55.7 Å². The van der Waals surface area contributed by atoms with E-state index in [4.69, 9.17) is 12.3 Å². The average Bonchev–Trinajstić information content (AvgIpc) is 2.19. The molecule has 7 heavy (non-hydrogen) atoms. The molecule has 0 spiro atoms. The van der Waals surface area contributed by atoms with Crippen LogP contribution in [-0.2, 0) is 14.0 Å². The first-order valence-corrected chi connectivity index (χ1v) is 1.59. The van der Waals surface area contributed by atoms with Crippen molar-refractivity contribution >= 4 is 0 Å². The summed E-state index contributed by atoms with van der Waals surface area (Å²) in [5.41, 5.74) is 0. The van der Waals surface area contributed by atoms with Crippen LogP contribution in [0.3, 0.4) is 0 Å². The largest absolute Gasteiger partial charge is 0.243 e. The van der Waals surface area contributed by atoms with E-state index in [9.17, 15) is 0 Å². The van der Waals surface area contributed by atoms with Gasteiger partial charge in [0.25, 0.3) is 0 Å². The lowest BCUT2D eigenvalue weighted by Gasteiger charge is -1.72. The topological polar surface area (TPSA) is 8.81 Å². The predicted octanol–water partition coefficient (Wildman–Crippen LogP) is -0.150. The summed E-state index contributed by atoms with van der Waals surface area (Å²) < 4.78 is 64.7. The van der Waals surface area contributed by atoms with E-state index >= 15 is 0 Å². The van der Waals surface area contributed by atoms with Crippen LogP contribution in [0.1, 0.15) is 12.3 Å². The van der Waals surface area contributed by atoms with Crippen molar-refractivity contribution in [2.75, 3.05) is 0 Å². The summed E-state index contributed by atoms with van der Waals surface area (Å²) in [6.45, 7) is -5.69. The maximum Gasteiger partial charge on any atom is 0.243 e. The third-order valence-electron chi connectivity index (χ3n) is 0.474. The second-order valence-corrected chi connectivity index (χ2v) is 0.994. The van der Waals surface area contributed by atoms with Gasteiger partial charge in [0, 0.05) is 0 Å². The zero-order valence-electron chi connectivity index (χ0n) is 12.4. The van der Waals surface area contributed by atoms with E-state index < -0.39 is 32.6 Å². The van der Waals surface area contributed by atoms with Crippen molar-refractivity contribution < 1.29 is 16.9 Å². The van der Waals surface area contributed by atoms with Crippen molar-refractivity contribution in [2.45, 2.75) is 0 Å². The molecule has 0 fully saturated rings. The van der Waals surface area contributed by atoms with Crippen molar-refractivity contribution in [1.82, 2.24) is 4.57 Å². The molecule has 0 aromatic carbocycles. The zero-order chi connectivity index (χ0) is 12.9. The summed E-state index contributed by atoms with van der Waals surface area (Å²) in [6, 6.07) is 0. The van der Waals surface area contributed by atoms with Gasteiger partial charge in [0.1, 0.15) is 15.1 Å². The normalized spacial score (nSPS) is 31.7. The van der Waals surface area contributed by atoms with Crippen LogP contribution >= 0.6 is 0 Å². The van der Waals surface area contributed by atoms with Gasteiger partial charge in [-0.2, -0.15) is 0 Å². The molecule has 0 atom stereocenters. The lowest BCUT2D eigenvalue weighted by atomic mass is 10.9. The van der Waals surface area contributed by atoms with Crippen molar-refractivity contribution in [2.24, 2.45) is 14.0 Å². The van der Waals surface area contributed by atoms with Crippen LogP contribution < -0.4 is 4.57 Å². The van der Waals surface area contributed by atoms with Gasteiger partial charge in [-0.15, -0.1) is 0 Å². The highest BCUT2D eigenvalue weighted by Gasteiger charge is 1.87. The summed E-state index contributed by atoms with van der Waals surface area (Å²) in [7, 11) is 0. The van der Waals surface area contributed by atoms with E-state index in [1.54, 1.807) is 0 Å². The monoisotopic (exact) mass is 106 g/mol. The molecule has 0 bridgehead atoms. The number of hydrogen-bond donors (Lipinski definition) is 0. The highest BCUT2D eigenvalue weighted by molar-refractivity contribution is 4.60. The Balaban J connectivity index is 3.59.